The zero-order valence-electron chi connectivity index (χ0n) is 27.9. The van der Waals surface area contributed by atoms with Crippen molar-refractivity contribution in [3.05, 3.63) is 112 Å². The molecular formula is C38H35N9. The Morgan fingerprint density at radius 3 is 1.15 bits per heavy atom. The van der Waals surface area contributed by atoms with Gasteiger partial charge < -0.3 is 4.90 Å². The maximum absolute atomic E-state index is 4.88. The Morgan fingerprint density at radius 1 is 0.404 bits per heavy atom. The lowest BCUT2D eigenvalue weighted by atomic mass is 9.87. The van der Waals surface area contributed by atoms with Crippen molar-refractivity contribution in [2.45, 2.75) is 55.4 Å². The monoisotopic (exact) mass is 617 g/mol. The first kappa shape index (κ1) is 30.0. The summed E-state index contributed by atoms with van der Waals surface area (Å²) < 4.78 is 0. The zero-order chi connectivity index (χ0) is 33.0. The lowest BCUT2D eigenvalue weighted by molar-refractivity contribution is 1.11. The second-order valence-corrected chi connectivity index (χ2v) is 12.0. The van der Waals surface area contributed by atoms with Gasteiger partial charge in [-0.3, -0.25) is 0 Å². The number of rotatable bonds is 5. The summed E-state index contributed by atoms with van der Waals surface area (Å²) in [7, 11) is 0. The highest BCUT2D eigenvalue weighted by molar-refractivity contribution is 5.91. The van der Waals surface area contributed by atoms with Crippen LogP contribution >= 0.6 is 0 Å². The molecule has 9 heteroatoms. The Hall–Kier alpha value is -5.70. The molecule has 0 aliphatic heterocycles. The van der Waals surface area contributed by atoms with Gasteiger partial charge in [0.25, 0.3) is 0 Å². The normalized spacial score (nSPS) is 11.4. The van der Waals surface area contributed by atoms with Crippen LogP contribution in [0.25, 0.3) is 45.1 Å². The summed E-state index contributed by atoms with van der Waals surface area (Å²) in [4.78, 5) is 38.8. The number of fused-ring (bicyclic) bond motifs is 2. The van der Waals surface area contributed by atoms with E-state index in [1.807, 2.05) is 0 Å². The summed E-state index contributed by atoms with van der Waals surface area (Å²) in [5.41, 5.74) is 18.6. The molecule has 0 unspecified atom stereocenters. The maximum Gasteiger partial charge on any atom is 0.198 e. The first-order valence-electron chi connectivity index (χ1n) is 15.6. The van der Waals surface area contributed by atoms with Crippen molar-refractivity contribution in [1.29, 1.82) is 0 Å². The van der Waals surface area contributed by atoms with Crippen LogP contribution in [0, 0.1) is 55.4 Å². The summed E-state index contributed by atoms with van der Waals surface area (Å²) >= 11 is 0. The quantitative estimate of drug-likeness (QED) is 0.188. The van der Waals surface area contributed by atoms with Gasteiger partial charge in [0, 0.05) is 41.6 Å². The van der Waals surface area contributed by atoms with E-state index in [0.717, 1.165) is 61.8 Å². The van der Waals surface area contributed by atoms with Crippen LogP contribution in [-0.4, -0.2) is 39.9 Å². The van der Waals surface area contributed by atoms with Gasteiger partial charge in [-0.05, 0) is 112 Å². The molecule has 0 atom stereocenters. The molecule has 0 aliphatic rings. The van der Waals surface area contributed by atoms with Crippen molar-refractivity contribution in [3.8, 4) is 22.5 Å². The number of anilines is 3. The Kier molecular flexibility index (Phi) is 7.39. The summed E-state index contributed by atoms with van der Waals surface area (Å²) in [5.74, 6) is 0. The summed E-state index contributed by atoms with van der Waals surface area (Å²) in [6.45, 7) is 17.5. The molecule has 0 spiro atoms. The number of hydrogen-bond donors (Lipinski definition) is 0. The van der Waals surface area contributed by atoms with Crippen LogP contribution in [0.5, 0.6) is 0 Å². The average Bonchev–Trinajstić information content (AvgIpc) is 3.10. The summed E-state index contributed by atoms with van der Waals surface area (Å²) in [6.07, 6.45) is 10.2. The number of nitrogens with zero attached hydrogens (tertiary/aromatic N) is 9. The standard InChI is InChI=1S/C38H35N9/c1-20-24(5)33(25(6)21(2)31(20)29-18-43-35-37(45-29)41-16-14-39-35)47(28-12-10-9-11-13-28)34-26(7)22(3)32(23(4)27(34)8)30-19-44-36-38(46-30)42-17-15-40-36/h9-19H,1-8H3. The second-order valence-electron chi connectivity index (χ2n) is 12.0. The van der Waals surface area contributed by atoms with E-state index in [1.54, 1.807) is 37.2 Å². The third-order valence-corrected chi connectivity index (χ3v) is 9.54. The van der Waals surface area contributed by atoms with E-state index in [1.165, 1.54) is 22.3 Å². The molecule has 0 saturated heterocycles. The zero-order valence-corrected chi connectivity index (χ0v) is 27.9. The van der Waals surface area contributed by atoms with Crippen LogP contribution in [-0.2, 0) is 0 Å². The lowest BCUT2D eigenvalue weighted by Gasteiger charge is -2.35. The summed E-state index contributed by atoms with van der Waals surface area (Å²) in [6, 6.07) is 10.6. The highest BCUT2D eigenvalue weighted by atomic mass is 15.2. The van der Waals surface area contributed by atoms with E-state index in [4.69, 9.17) is 9.97 Å². The first-order chi connectivity index (χ1) is 22.7. The van der Waals surface area contributed by atoms with Gasteiger partial charge in [0.1, 0.15) is 0 Å². The molecule has 47 heavy (non-hydrogen) atoms. The predicted octanol–water partition coefficient (Wildman–Crippen LogP) is 8.42. The second kappa shape index (κ2) is 11.6. The van der Waals surface area contributed by atoms with E-state index < -0.39 is 0 Å². The van der Waals surface area contributed by atoms with Crippen molar-refractivity contribution < 1.29 is 0 Å². The number of aromatic nitrogens is 8. The molecule has 232 valence electrons. The van der Waals surface area contributed by atoms with Crippen LogP contribution in [0.1, 0.15) is 44.5 Å². The third-order valence-electron chi connectivity index (χ3n) is 9.54. The predicted molar refractivity (Wildman–Crippen MR) is 187 cm³/mol. The molecule has 9 nitrogen and oxygen atoms in total. The Balaban J connectivity index is 1.47. The molecule has 0 bridgehead atoms. The van der Waals surface area contributed by atoms with Crippen molar-refractivity contribution in [1.82, 2.24) is 39.9 Å². The molecule has 0 amide bonds. The fraction of sp³-hybridized carbons (Fsp3) is 0.211. The fourth-order valence-corrected chi connectivity index (χ4v) is 6.73. The van der Waals surface area contributed by atoms with E-state index in [9.17, 15) is 0 Å². The van der Waals surface area contributed by atoms with Gasteiger partial charge in [-0.15, -0.1) is 0 Å². The van der Waals surface area contributed by atoms with E-state index >= 15 is 0 Å². The Bertz CT molecular complexity index is 2140. The van der Waals surface area contributed by atoms with Gasteiger partial charge >= 0.3 is 0 Å². The van der Waals surface area contributed by atoms with Crippen LogP contribution in [0.2, 0.25) is 0 Å². The Morgan fingerprint density at radius 2 is 0.766 bits per heavy atom. The molecule has 4 aromatic heterocycles. The molecule has 0 N–H and O–H groups in total. The van der Waals surface area contributed by atoms with Crippen LogP contribution in [0.15, 0.2) is 67.5 Å². The minimum Gasteiger partial charge on any atom is -0.309 e. The SMILES string of the molecule is Cc1c(C)c(N(c2ccccc2)c2c(C)c(C)c(-c3cnc4nccnc4n3)c(C)c2C)c(C)c(C)c1-c1cnc2nccnc2n1. The topological polar surface area (TPSA) is 106 Å². The van der Waals surface area contributed by atoms with E-state index in [2.05, 4.69) is 121 Å². The van der Waals surface area contributed by atoms with E-state index in [0.29, 0.717) is 22.6 Å². The van der Waals surface area contributed by atoms with Gasteiger partial charge in [0.05, 0.1) is 35.2 Å². The van der Waals surface area contributed by atoms with Crippen molar-refractivity contribution in [3.63, 3.8) is 0 Å². The lowest BCUT2D eigenvalue weighted by Crippen LogP contribution is -2.18. The fourth-order valence-electron chi connectivity index (χ4n) is 6.73. The van der Waals surface area contributed by atoms with Crippen LogP contribution in [0.4, 0.5) is 17.1 Å². The maximum atomic E-state index is 4.88. The smallest absolute Gasteiger partial charge is 0.198 e. The van der Waals surface area contributed by atoms with Crippen LogP contribution < -0.4 is 4.90 Å². The molecule has 7 rings (SSSR count). The van der Waals surface area contributed by atoms with E-state index in [-0.39, 0.29) is 0 Å². The largest absolute Gasteiger partial charge is 0.309 e. The van der Waals surface area contributed by atoms with Gasteiger partial charge in [-0.1, -0.05) is 18.2 Å². The highest BCUT2D eigenvalue weighted by Crippen LogP contribution is 2.48. The molecule has 4 heterocycles. The Labute approximate surface area is 273 Å². The van der Waals surface area contributed by atoms with Gasteiger partial charge in [-0.2, -0.15) is 0 Å². The molecule has 7 aromatic rings. The number of hydrogen-bond acceptors (Lipinski definition) is 9. The molecule has 0 saturated carbocycles. The van der Waals surface area contributed by atoms with Gasteiger partial charge in [0.15, 0.2) is 22.6 Å². The van der Waals surface area contributed by atoms with Crippen LogP contribution in [0.3, 0.4) is 0 Å². The molecule has 0 fully saturated rings. The minimum atomic E-state index is 0.537. The van der Waals surface area contributed by atoms with Crippen molar-refractivity contribution in [2.75, 3.05) is 4.90 Å². The molecule has 0 radical (unpaired) electrons. The molecular weight excluding hydrogens is 582 g/mol. The highest BCUT2D eigenvalue weighted by Gasteiger charge is 2.28. The van der Waals surface area contributed by atoms with Crippen molar-refractivity contribution in [2.24, 2.45) is 0 Å². The number of para-hydroxylation sites is 1. The van der Waals surface area contributed by atoms with Gasteiger partial charge in [0.2, 0.25) is 0 Å². The van der Waals surface area contributed by atoms with Gasteiger partial charge in [-0.25, -0.2) is 39.9 Å². The molecule has 3 aromatic carbocycles. The summed E-state index contributed by atoms with van der Waals surface area (Å²) in [5, 5.41) is 0. The first-order valence-corrected chi connectivity index (χ1v) is 15.6. The average molecular weight is 618 g/mol. The third kappa shape index (κ3) is 4.86. The molecule has 0 aliphatic carbocycles. The van der Waals surface area contributed by atoms with Crippen molar-refractivity contribution >= 4 is 39.7 Å². The number of benzene rings is 3. The minimum absolute atomic E-state index is 0.537.